The van der Waals surface area contributed by atoms with Gasteiger partial charge in [-0.15, -0.1) is 11.3 Å². The Balaban J connectivity index is 1.49. The average molecular weight is 535 g/mol. The molecule has 0 N–H and O–H groups in total. The van der Waals surface area contributed by atoms with Crippen molar-refractivity contribution < 1.29 is 19.1 Å². The molecule has 0 aliphatic heterocycles. The maximum absolute atomic E-state index is 13.7. The third kappa shape index (κ3) is 6.95. The first kappa shape index (κ1) is 27.7. The van der Waals surface area contributed by atoms with E-state index in [0.717, 1.165) is 23.3 Å². The molecule has 7 heteroatoms. The molecule has 1 saturated carbocycles. The van der Waals surface area contributed by atoms with Crippen molar-refractivity contribution in [1.82, 2.24) is 9.80 Å². The Kier molecular flexibility index (Phi) is 8.77. The third-order valence-electron chi connectivity index (χ3n) is 6.95. The minimum Gasteiger partial charge on any atom is -0.493 e. The van der Waals surface area contributed by atoms with Crippen LogP contribution in [0.3, 0.4) is 0 Å². The summed E-state index contributed by atoms with van der Waals surface area (Å²) in [5.41, 5.74) is 2.89. The fourth-order valence-electron chi connectivity index (χ4n) is 4.46. The summed E-state index contributed by atoms with van der Waals surface area (Å²) in [6, 6.07) is 17.8. The molecular weight excluding hydrogens is 496 g/mol. The zero-order valence-corrected chi connectivity index (χ0v) is 23.8. The van der Waals surface area contributed by atoms with Crippen LogP contribution in [0.4, 0.5) is 0 Å². The molecule has 202 valence electrons. The van der Waals surface area contributed by atoms with E-state index in [9.17, 15) is 9.59 Å². The molecule has 0 spiro atoms. The number of ether oxygens (including phenoxy) is 2. The molecule has 0 bridgehead atoms. The Morgan fingerprint density at radius 1 is 0.974 bits per heavy atom. The van der Waals surface area contributed by atoms with Gasteiger partial charge in [0, 0.05) is 23.0 Å². The Labute approximate surface area is 230 Å². The fourth-order valence-corrected chi connectivity index (χ4v) is 5.18. The molecule has 0 radical (unpaired) electrons. The van der Waals surface area contributed by atoms with Crippen molar-refractivity contribution in [3.8, 4) is 11.5 Å². The van der Waals surface area contributed by atoms with Crippen LogP contribution in [0.25, 0.3) is 0 Å². The summed E-state index contributed by atoms with van der Waals surface area (Å²) in [6.07, 6.45) is 2.55. The molecule has 2 amide bonds. The molecule has 2 aromatic carbocycles. The van der Waals surface area contributed by atoms with Gasteiger partial charge in [0.2, 0.25) is 5.91 Å². The van der Waals surface area contributed by atoms with Gasteiger partial charge >= 0.3 is 0 Å². The lowest BCUT2D eigenvalue weighted by Crippen LogP contribution is -2.44. The van der Waals surface area contributed by atoms with Crippen molar-refractivity contribution >= 4 is 23.2 Å². The Hall–Kier alpha value is -3.32. The van der Waals surface area contributed by atoms with E-state index >= 15 is 0 Å². The van der Waals surface area contributed by atoms with Crippen LogP contribution >= 0.6 is 11.3 Å². The van der Waals surface area contributed by atoms with E-state index in [1.807, 2.05) is 64.9 Å². The highest BCUT2D eigenvalue weighted by Gasteiger charge is 2.35. The lowest BCUT2D eigenvalue weighted by molar-refractivity contribution is -0.132. The van der Waals surface area contributed by atoms with E-state index in [1.54, 1.807) is 30.5 Å². The monoisotopic (exact) mass is 534 g/mol. The normalized spacial score (nSPS) is 13.2. The number of hydrogen-bond donors (Lipinski definition) is 0. The van der Waals surface area contributed by atoms with E-state index in [2.05, 4.69) is 20.8 Å². The molecule has 0 atom stereocenters. The molecule has 38 heavy (non-hydrogen) atoms. The van der Waals surface area contributed by atoms with E-state index in [4.69, 9.17) is 9.47 Å². The zero-order valence-electron chi connectivity index (χ0n) is 23.0. The molecule has 3 aromatic rings. The van der Waals surface area contributed by atoms with E-state index in [-0.39, 0.29) is 29.8 Å². The van der Waals surface area contributed by atoms with E-state index in [0.29, 0.717) is 36.6 Å². The second-order valence-corrected chi connectivity index (χ2v) is 11.9. The number of benzene rings is 2. The van der Waals surface area contributed by atoms with Crippen molar-refractivity contribution in [1.29, 1.82) is 0 Å². The Morgan fingerprint density at radius 3 is 2.26 bits per heavy atom. The molecule has 0 saturated heterocycles. The van der Waals surface area contributed by atoms with Gasteiger partial charge in [-0.3, -0.25) is 9.59 Å². The highest BCUT2D eigenvalue weighted by Crippen LogP contribution is 2.30. The fraction of sp³-hybridized carbons (Fsp3) is 0.419. The molecule has 6 nitrogen and oxygen atoms in total. The summed E-state index contributed by atoms with van der Waals surface area (Å²) in [7, 11) is 3.24. The highest BCUT2D eigenvalue weighted by atomic mass is 32.1. The van der Waals surface area contributed by atoms with Crippen molar-refractivity contribution in [2.24, 2.45) is 0 Å². The smallest absolute Gasteiger partial charge is 0.254 e. The lowest BCUT2D eigenvalue weighted by atomic mass is 9.86. The van der Waals surface area contributed by atoms with Crippen LogP contribution < -0.4 is 9.47 Å². The van der Waals surface area contributed by atoms with Crippen LogP contribution in [0.5, 0.6) is 11.5 Å². The van der Waals surface area contributed by atoms with Gasteiger partial charge in [-0.25, -0.2) is 0 Å². The molecule has 1 aromatic heterocycles. The van der Waals surface area contributed by atoms with Gasteiger partial charge in [-0.05, 0) is 71.5 Å². The number of carbonyl (C=O) groups excluding carboxylic acids is 2. The van der Waals surface area contributed by atoms with Gasteiger partial charge in [0.05, 0.1) is 20.8 Å². The van der Waals surface area contributed by atoms with Crippen LogP contribution in [-0.2, 0) is 23.2 Å². The van der Waals surface area contributed by atoms with Crippen molar-refractivity contribution in [3.63, 3.8) is 0 Å². The molecule has 1 heterocycles. The number of rotatable bonds is 11. The Bertz CT molecular complexity index is 1230. The summed E-state index contributed by atoms with van der Waals surface area (Å²) < 4.78 is 10.8. The first-order valence-electron chi connectivity index (χ1n) is 13.1. The minimum atomic E-state index is -0.0720. The lowest BCUT2D eigenvalue weighted by Gasteiger charge is -2.28. The van der Waals surface area contributed by atoms with Gasteiger partial charge in [0.1, 0.15) is 6.54 Å². The first-order chi connectivity index (χ1) is 18.2. The summed E-state index contributed by atoms with van der Waals surface area (Å²) in [5, 5.41) is 2.02. The van der Waals surface area contributed by atoms with Gasteiger partial charge in [-0.1, -0.05) is 45.0 Å². The number of nitrogens with zero attached hydrogens (tertiary/aromatic N) is 2. The van der Waals surface area contributed by atoms with Gasteiger partial charge in [0.25, 0.3) is 5.91 Å². The third-order valence-corrected chi connectivity index (χ3v) is 7.81. The predicted molar refractivity (Wildman–Crippen MR) is 152 cm³/mol. The number of methoxy groups -OCH3 is 2. The summed E-state index contributed by atoms with van der Waals surface area (Å²) in [4.78, 5) is 31.9. The molecule has 1 aliphatic carbocycles. The molecular formula is C31H38N2O4S. The quantitative estimate of drug-likeness (QED) is 0.306. The minimum absolute atomic E-state index is 0.0178. The van der Waals surface area contributed by atoms with Crippen LogP contribution in [0.2, 0.25) is 0 Å². The standard InChI is InChI=1S/C31H38N2O4S/c1-31(2,3)24-11-9-23(10-12-24)30(35)33(25-13-14-25)21-29(34)32(20-26-7-6-18-38-26)17-16-22-8-15-27(36-4)28(19-22)37-5/h6-12,15,18-19,25H,13-14,16-17,20-21H2,1-5H3. The predicted octanol–water partition coefficient (Wildman–Crippen LogP) is 5.94. The van der Waals surface area contributed by atoms with Crippen LogP contribution in [0, 0.1) is 0 Å². The van der Waals surface area contributed by atoms with Crippen LogP contribution in [0.15, 0.2) is 60.0 Å². The van der Waals surface area contributed by atoms with Crippen LogP contribution in [-0.4, -0.2) is 55.0 Å². The van der Waals surface area contributed by atoms with Crippen molar-refractivity contribution in [2.45, 2.75) is 58.0 Å². The second-order valence-electron chi connectivity index (χ2n) is 10.8. The number of hydrogen-bond acceptors (Lipinski definition) is 5. The first-order valence-corrected chi connectivity index (χ1v) is 14.0. The molecule has 1 fully saturated rings. The number of thiophene rings is 1. The van der Waals surface area contributed by atoms with E-state index < -0.39 is 0 Å². The molecule has 0 unspecified atom stereocenters. The Morgan fingerprint density at radius 2 is 1.68 bits per heavy atom. The zero-order chi connectivity index (χ0) is 27.3. The summed E-state index contributed by atoms with van der Waals surface area (Å²) >= 11 is 1.63. The van der Waals surface area contributed by atoms with Gasteiger partial charge in [-0.2, -0.15) is 0 Å². The second kappa shape index (κ2) is 12.0. The number of amides is 2. The van der Waals surface area contributed by atoms with Gasteiger partial charge in [0.15, 0.2) is 11.5 Å². The van der Waals surface area contributed by atoms with E-state index in [1.165, 1.54) is 5.56 Å². The van der Waals surface area contributed by atoms with Crippen molar-refractivity contribution in [2.75, 3.05) is 27.3 Å². The highest BCUT2D eigenvalue weighted by molar-refractivity contribution is 7.09. The molecule has 4 rings (SSSR count). The van der Waals surface area contributed by atoms with Crippen LogP contribution in [0.1, 0.15) is 60.0 Å². The number of carbonyl (C=O) groups is 2. The summed E-state index contributed by atoms with van der Waals surface area (Å²) in [5.74, 6) is 1.24. The topological polar surface area (TPSA) is 59.1 Å². The maximum atomic E-state index is 13.7. The van der Waals surface area contributed by atoms with Gasteiger partial charge < -0.3 is 19.3 Å². The van der Waals surface area contributed by atoms with Crippen molar-refractivity contribution in [3.05, 3.63) is 81.5 Å². The SMILES string of the molecule is COc1ccc(CCN(Cc2cccs2)C(=O)CN(C(=O)c2ccc(C(C)(C)C)cc2)C2CC2)cc1OC. The largest absolute Gasteiger partial charge is 0.493 e. The maximum Gasteiger partial charge on any atom is 0.254 e. The molecule has 1 aliphatic rings. The summed E-state index contributed by atoms with van der Waals surface area (Å²) in [6.45, 7) is 7.62. The average Bonchev–Trinajstić information content (AvgIpc) is 3.63.